The van der Waals surface area contributed by atoms with E-state index in [1.807, 2.05) is 47.2 Å². The number of carbonyl (C=O) groups excluding carboxylic acids is 1. The molecule has 1 aromatic heterocycles. The van der Waals surface area contributed by atoms with Crippen LogP contribution in [0, 0.1) is 0 Å². The van der Waals surface area contributed by atoms with Gasteiger partial charge in [-0.15, -0.1) is 0 Å². The predicted octanol–water partition coefficient (Wildman–Crippen LogP) is 1.92. The summed E-state index contributed by atoms with van der Waals surface area (Å²) in [6, 6.07) is 10.9. The normalized spacial score (nSPS) is 12.0. The van der Waals surface area contributed by atoms with Crippen LogP contribution < -0.4 is 10.5 Å². The lowest BCUT2D eigenvalue weighted by Crippen LogP contribution is -2.34. The van der Waals surface area contributed by atoms with Crippen molar-refractivity contribution >= 4 is 5.97 Å². The summed E-state index contributed by atoms with van der Waals surface area (Å²) < 4.78 is 12.3. The Labute approximate surface area is 124 Å². The van der Waals surface area contributed by atoms with E-state index in [4.69, 9.17) is 15.2 Å². The first-order valence-corrected chi connectivity index (χ1v) is 6.89. The summed E-state index contributed by atoms with van der Waals surface area (Å²) in [7, 11) is 1.63. The highest BCUT2D eigenvalue weighted by molar-refractivity contribution is 5.75. The minimum absolute atomic E-state index is 0.333. The molecule has 1 atom stereocenters. The molecule has 2 N–H and O–H groups in total. The molecule has 0 fully saturated rings. The van der Waals surface area contributed by atoms with Gasteiger partial charge in [0, 0.05) is 18.3 Å². The van der Waals surface area contributed by atoms with Crippen LogP contribution in [0.4, 0.5) is 0 Å². The Balaban J connectivity index is 2.25. The van der Waals surface area contributed by atoms with Gasteiger partial charge in [0.05, 0.1) is 19.4 Å². The molecule has 0 amide bonds. The van der Waals surface area contributed by atoms with E-state index >= 15 is 0 Å². The van der Waals surface area contributed by atoms with Crippen LogP contribution in [0.1, 0.15) is 12.6 Å². The second-order valence-electron chi connectivity index (χ2n) is 4.60. The molecule has 0 radical (unpaired) electrons. The molecule has 0 aliphatic rings. The first kappa shape index (κ1) is 15.1. The van der Waals surface area contributed by atoms with E-state index < -0.39 is 6.04 Å². The fourth-order valence-corrected chi connectivity index (χ4v) is 2.20. The zero-order valence-corrected chi connectivity index (χ0v) is 12.3. The van der Waals surface area contributed by atoms with Gasteiger partial charge >= 0.3 is 5.97 Å². The van der Waals surface area contributed by atoms with Crippen LogP contribution in [0.5, 0.6) is 5.75 Å². The van der Waals surface area contributed by atoms with Gasteiger partial charge in [0.25, 0.3) is 0 Å². The molecule has 1 unspecified atom stereocenters. The van der Waals surface area contributed by atoms with Crippen LogP contribution in [0.3, 0.4) is 0 Å². The standard InChI is InChI=1S/C16H20N2O3/c1-3-21-16(19)13(17)11-12-7-6-10-18(12)14-8-4-5-9-15(14)20-2/h4-10,13H,3,11,17H2,1-2H3. The number of carbonyl (C=O) groups is 1. The summed E-state index contributed by atoms with van der Waals surface area (Å²) in [5, 5.41) is 0. The summed E-state index contributed by atoms with van der Waals surface area (Å²) in [5.41, 5.74) is 7.74. The molecule has 5 nitrogen and oxygen atoms in total. The van der Waals surface area contributed by atoms with Crippen LogP contribution in [0.15, 0.2) is 42.6 Å². The molecule has 0 aliphatic heterocycles. The molecule has 0 saturated carbocycles. The summed E-state index contributed by atoms with van der Waals surface area (Å²) in [6.45, 7) is 2.10. The van der Waals surface area contributed by atoms with Gasteiger partial charge in [0.15, 0.2) is 0 Å². The fourth-order valence-electron chi connectivity index (χ4n) is 2.20. The average molecular weight is 288 g/mol. The molecule has 1 heterocycles. The number of esters is 1. The third kappa shape index (κ3) is 3.44. The number of rotatable bonds is 6. The molecular formula is C16H20N2O3. The number of nitrogens with zero attached hydrogens (tertiary/aromatic N) is 1. The Hall–Kier alpha value is -2.27. The highest BCUT2D eigenvalue weighted by Crippen LogP contribution is 2.24. The minimum atomic E-state index is -0.673. The fraction of sp³-hybridized carbons (Fsp3) is 0.312. The Bertz CT molecular complexity index is 607. The topological polar surface area (TPSA) is 66.5 Å². The van der Waals surface area contributed by atoms with E-state index in [2.05, 4.69) is 0 Å². The van der Waals surface area contributed by atoms with Gasteiger partial charge in [-0.3, -0.25) is 4.79 Å². The van der Waals surface area contributed by atoms with Crippen molar-refractivity contribution in [3.05, 3.63) is 48.3 Å². The number of nitrogens with two attached hydrogens (primary N) is 1. The third-order valence-corrected chi connectivity index (χ3v) is 3.20. The summed E-state index contributed by atoms with van der Waals surface area (Å²) >= 11 is 0. The second kappa shape index (κ2) is 6.95. The van der Waals surface area contributed by atoms with Crippen molar-refractivity contribution in [3.8, 4) is 11.4 Å². The SMILES string of the molecule is CCOC(=O)C(N)Cc1cccn1-c1ccccc1OC. The number of hydrogen-bond donors (Lipinski definition) is 1. The van der Waals surface area contributed by atoms with Crippen LogP contribution in [-0.2, 0) is 16.0 Å². The number of aromatic nitrogens is 1. The zero-order chi connectivity index (χ0) is 15.2. The van der Waals surface area contributed by atoms with Gasteiger partial charge in [-0.1, -0.05) is 12.1 Å². The molecule has 0 bridgehead atoms. The van der Waals surface area contributed by atoms with Gasteiger partial charge < -0.3 is 19.8 Å². The summed E-state index contributed by atoms with van der Waals surface area (Å²) in [4.78, 5) is 11.7. The zero-order valence-electron chi connectivity index (χ0n) is 12.3. The van der Waals surface area contributed by atoms with Gasteiger partial charge in [-0.2, -0.15) is 0 Å². The highest BCUT2D eigenvalue weighted by atomic mass is 16.5. The van der Waals surface area contributed by atoms with Crippen LogP contribution in [0.25, 0.3) is 5.69 Å². The number of ether oxygens (including phenoxy) is 2. The molecule has 112 valence electrons. The quantitative estimate of drug-likeness (QED) is 0.825. The monoisotopic (exact) mass is 288 g/mol. The van der Waals surface area contributed by atoms with E-state index in [0.29, 0.717) is 13.0 Å². The third-order valence-electron chi connectivity index (χ3n) is 3.20. The van der Waals surface area contributed by atoms with Gasteiger partial charge in [0.2, 0.25) is 0 Å². The van der Waals surface area contributed by atoms with Crippen LogP contribution >= 0.6 is 0 Å². The molecule has 5 heteroatoms. The molecule has 21 heavy (non-hydrogen) atoms. The maximum atomic E-state index is 11.7. The van der Waals surface area contributed by atoms with Gasteiger partial charge in [-0.05, 0) is 31.2 Å². The molecule has 2 rings (SSSR count). The smallest absolute Gasteiger partial charge is 0.323 e. The maximum Gasteiger partial charge on any atom is 0.323 e. The van der Waals surface area contributed by atoms with E-state index in [-0.39, 0.29) is 5.97 Å². The van der Waals surface area contributed by atoms with E-state index in [0.717, 1.165) is 17.1 Å². The van der Waals surface area contributed by atoms with Crippen LogP contribution in [-0.4, -0.2) is 30.3 Å². The maximum absolute atomic E-state index is 11.7. The Morgan fingerprint density at radius 1 is 1.29 bits per heavy atom. The molecule has 2 aromatic rings. The summed E-state index contributed by atoms with van der Waals surface area (Å²) in [6.07, 6.45) is 2.33. The van der Waals surface area contributed by atoms with Crippen molar-refractivity contribution < 1.29 is 14.3 Å². The molecule has 0 saturated heterocycles. The van der Waals surface area contributed by atoms with Crippen molar-refractivity contribution in [3.63, 3.8) is 0 Å². The number of para-hydroxylation sites is 2. The van der Waals surface area contributed by atoms with Crippen molar-refractivity contribution in [2.75, 3.05) is 13.7 Å². The Kier molecular flexibility index (Phi) is 5.00. The van der Waals surface area contributed by atoms with E-state index in [1.165, 1.54) is 0 Å². The second-order valence-corrected chi connectivity index (χ2v) is 4.60. The molecule has 0 spiro atoms. The van der Waals surface area contributed by atoms with E-state index in [1.54, 1.807) is 14.0 Å². The number of methoxy groups -OCH3 is 1. The van der Waals surface area contributed by atoms with Crippen molar-refractivity contribution in [2.24, 2.45) is 5.73 Å². The Morgan fingerprint density at radius 3 is 2.76 bits per heavy atom. The molecular weight excluding hydrogens is 268 g/mol. The van der Waals surface area contributed by atoms with Crippen molar-refractivity contribution in [2.45, 2.75) is 19.4 Å². The first-order valence-electron chi connectivity index (χ1n) is 6.89. The minimum Gasteiger partial charge on any atom is -0.495 e. The molecule has 0 aliphatic carbocycles. The highest BCUT2D eigenvalue weighted by Gasteiger charge is 2.18. The largest absolute Gasteiger partial charge is 0.495 e. The average Bonchev–Trinajstić information content (AvgIpc) is 2.95. The lowest BCUT2D eigenvalue weighted by Gasteiger charge is -2.15. The number of benzene rings is 1. The first-order chi connectivity index (χ1) is 10.2. The predicted molar refractivity (Wildman–Crippen MR) is 80.6 cm³/mol. The van der Waals surface area contributed by atoms with Crippen molar-refractivity contribution in [1.82, 2.24) is 4.57 Å². The lowest BCUT2D eigenvalue weighted by atomic mass is 10.1. The van der Waals surface area contributed by atoms with Gasteiger partial charge in [0.1, 0.15) is 11.8 Å². The van der Waals surface area contributed by atoms with Crippen molar-refractivity contribution in [1.29, 1.82) is 0 Å². The summed E-state index contributed by atoms with van der Waals surface area (Å²) in [5.74, 6) is 0.380. The van der Waals surface area contributed by atoms with Gasteiger partial charge in [-0.25, -0.2) is 0 Å². The lowest BCUT2D eigenvalue weighted by molar-refractivity contribution is -0.144. The van der Waals surface area contributed by atoms with E-state index in [9.17, 15) is 4.79 Å². The number of hydrogen-bond acceptors (Lipinski definition) is 4. The van der Waals surface area contributed by atoms with Crippen LogP contribution in [0.2, 0.25) is 0 Å². The Morgan fingerprint density at radius 2 is 2.05 bits per heavy atom. The molecule has 1 aromatic carbocycles.